The van der Waals surface area contributed by atoms with E-state index in [0.29, 0.717) is 25.1 Å². The van der Waals surface area contributed by atoms with Gasteiger partial charge in [0.25, 0.3) is 11.8 Å². The van der Waals surface area contributed by atoms with Crippen molar-refractivity contribution in [1.82, 2.24) is 25.6 Å². The number of nitrogens with zero attached hydrogens (tertiary/aromatic N) is 2. The number of hydrogen-bond donors (Lipinski definition) is 3. The van der Waals surface area contributed by atoms with E-state index in [9.17, 15) is 14.4 Å². The van der Waals surface area contributed by atoms with Gasteiger partial charge < -0.3 is 15.2 Å². The molecule has 0 bridgehead atoms. The van der Waals surface area contributed by atoms with Crippen LogP contribution in [0.4, 0.5) is 4.79 Å². The summed E-state index contributed by atoms with van der Waals surface area (Å²) in [6.07, 6.45) is 1.22. The number of carbonyl (C=O) groups is 3. The van der Waals surface area contributed by atoms with Crippen LogP contribution in [0, 0.1) is 0 Å². The third kappa shape index (κ3) is 4.31. The Morgan fingerprint density at radius 2 is 1.97 bits per heavy atom. The van der Waals surface area contributed by atoms with Crippen molar-refractivity contribution in [2.24, 2.45) is 0 Å². The van der Waals surface area contributed by atoms with Gasteiger partial charge in [0.2, 0.25) is 0 Å². The molecule has 1 fully saturated rings. The van der Waals surface area contributed by atoms with Gasteiger partial charge in [0, 0.05) is 24.0 Å². The number of aromatic nitrogens is 1. The van der Waals surface area contributed by atoms with Crippen LogP contribution >= 0.6 is 0 Å². The molecule has 0 atom stereocenters. The van der Waals surface area contributed by atoms with Gasteiger partial charge in [-0.3, -0.25) is 19.3 Å². The molecule has 4 amide bonds. The van der Waals surface area contributed by atoms with Crippen LogP contribution in [-0.4, -0.2) is 72.5 Å². The number of fused-ring (bicyclic) bond motifs is 1. The Morgan fingerprint density at radius 3 is 2.57 bits per heavy atom. The summed E-state index contributed by atoms with van der Waals surface area (Å²) in [7, 11) is 5.36. The average molecular weight is 415 g/mol. The van der Waals surface area contributed by atoms with E-state index in [0.717, 1.165) is 28.6 Å². The van der Waals surface area contributed by atoms with Gasteiger partial charge in [-0.15, -0.1) is 0 Å². The predicted molar refractivity (Wildman–Crippen MR) is 113 cm³/mol. The lowest BCUT2D eigenvalue weighted by Crippen LogP contribution is -2.40. The maximum atomic E-state index is 12.4. The number of imide groups is 1. The number of benzene rings is 1. The van der Waals surface area contributed by atoms with Crippen molar-refractivity contribution < 1.29 is 19.2 Å². The molecule has 1 aliphatic heterocycles. The zero-order valence-corrected chi connectivity index (χ0v) is 18.1. The molecule has 1 aliphatic rings. The number of aromatic amines is 1. The van der Waals surface area contributed by atoms with Gasteiger partial charge in [0.15, 0.2) is 0 Å². The highest BCUT2D eigenvalue weighted by atomic mass is 16.6. The molecule has 0 aliphatic carbocycles. The van der Waals surface area contributed by atoms with Crippen LogP contribution < -0.4 is 10.8 Å². The third-order valence-electron chi connectivity index (χ3n) is 5.27. The van der Waals surface area contributed by atoms with Gasteiger partial charge in [0.05, 0.1) is 7.11 Å². The van der Waals surface area contributed by atoms with Crippen LogP contribution in [-0.2, 0) is 22.5 Å². The molecule has 0 unspecified atom stereocenters. The van der Waals surface area contributed by atoms with E-state index in [-0.39, 0.29) is 17.8 Å². The fraction of sp³-hybridized carbons (Fsp3) is 0.476. The Balaban J connectivity index is 1.87. The van der Waals surface area contributed by atoms with E-state index in [4.69, 9.17) is 4.84 Å². The molecule has 0 saturated carbocycles. The number of likely N-dealkylation sites (N-methyl/N-ethyl adjacent to an activating group) is 1. The first kappa shape index (κ1) is 21.8. The number of rotatable bonds is 8. The molecule has 1 aromatic carbocycles. The smallest absolute Gasteiger partial charge is 0.325 e. The van der Waals surface area contributed by atoms with Gasteiger partial charge in [-0.1, -0.05) is 6.07 Å². The summed E-state index contributed by atoms with van der Waals surface area (Å²) in [4.78, 5) is 48.2. The quantitative estimate of drug-likeness (QED) is 0.447. The second kappa shape index (κ2) is 8.45. The van der Waals surface area contributed by atoms with Crippen LogP contribution in [0.5, 0.6) is 0 Å². The fourth-order valence-corrected chi connectivity index (χ4v) is 3.64. The Bertz CT molecular complexity index is 979. The lowest BCUT2D eigenvalue weighted by atomic mass is 10.0. The molecule has 9 nitrogen and oxygen atoms in total. The Hall–Kier alpha value is -2.91. The fourth-order valence-electron chi connectivity index (χ4n) is 3.64. The molecule has 162 valence electrons. The van der Waals surface area contributed by atoms with E-state index in [1.807, 2.05) is 32.3 Å². The molecule has 9 heteroatoms. The van der Waals surface area contributed by atoms with Crippen LogP contribution in [0.25, 0.3) is 10.9 Å². The maximum absolute atomic E-state index is 12.4. The van der Waals surface area contributed by atoms with Crippen LogP contribution in [0.15, 0.2) is 18.2 Å². The molecule has 0 radical (unpaired) electrons. The van der Waals surface area contributed by atoms with E-state index >= 15 is 0 Å². The second-order valence-corrected chi connectivity index (χ2v) is 8.31. The highest BCUT2D eigenvalue weighted by Crippen LogP contribution is 2.26. The van der Waals surface area contributed by atoms with E-state index in [1.54, 1.807) is 13.8 Å². The summed E-state index contributed by atoms with van der Waals surface area (Å²) in [6, 6.07) is 5.52. The summed E-state index contributed by atoms with van der Waals surface area (Å²) in [5.41, 5.74) is 4.72. The van der Waals surface area contributed by atoms with Gasteiger partial charge in [-0.2, -0.15) is 0 Å². The molecule has 30 heavy (non-hydrogen) atoms. The highest BCUT2D eigenvalue weighted by Gasteiger charge is 2.43. The molecule has 1 saturated heterocycles. The lowest BCUT2D eigenvalue weighted by Gasteiger charge is -2.16. The first-order chi connectivity index (χ1) is 14.1. The standard InChI is InChI=1S/C21H29N5O4/c1-21(2)19(28)26(20(29)23-21)11-8-13-6-7-16-15(12-13)14(9-10-25(3)4)17(22-16)18(27)24-30-5/h6-7,12,22H,8-11H2,1-5H3,(H,23,29)(H,24,27). The van der Waals surface area contributed by atoms with E-state index in [2.05, 4.69) is 20.7 Å². The first-order valence-electron chi connectivity index (χ1n) is 9.89. The maximum Gasteiger partial charge on any atom is 0.325 e. The molecule has 3 N–H and O–H groups in total. The number of carbonyl (C=O) groups excluding carboxylic acids is 3. The number of nitrogens with one attached hydrogen (secondary N) is 3. The van der Waals surface area contributed by atoms with Gasteiger partial charge in [-0.05, 0) is 64.0 Å². The molecule has 1 aromatic heterocycles. The minimum Gasteiger partial charge on any atom is -0.350 e. The van der Waals surface area contributed by atoms with Gasteiger partial charge in [-0.25, -0.2) is 10.3 Å². The van der Waals surface area contributed by atoms with Crippen molar-refractivity contribution in [3.8, 4) is 0 Å². The molecule has 2 aromatic rings. The zero-order valence-electron chi connectivity index (χ0n) is 18.1. The number of urea groups is 1. The zero-order chi connectivity index (χ0) is 22.1. The molecule has 0 spiro atoms. The van der Waals surface area contributed by atoms with Crippen LogP contribution in [0.3, 0.4) is 0 Å². The van der Waals surface area contributed by atoms with Crippen molar-refractivity contribution in [3.63, 3.8) is 0 Å². The lowest BCUT2D eigenvalue weighted by molar-refractivity contribution is -0.130. The number of hydrogen-bond acceptors (Lipinski definition) is 5. The van der Waals surface area contributed by atoms with Crippen molar-refractivity contribution in [2.75, 3.05) is 34.3 Å². The predicted octanol–water partition coefficient (Wildman–Crippen LogP) is 1.44. The molecular formula is C21H29N5O4. The molecule has 2 heterocycles. The topological polar surface area (TPSA) is 107 Å². The van der Waals surface area contributed by atoms with Crippen molar-refractivity contribution >= 4 is 28.7 Å². The largest absolute Gasteiger partial charge is 0.350 e. The summed E-state index contributed by atoms with van der Waals surface area (Å²) < 4.78 is 0. The van der Waals surface area contributed by atoms with E-state index in [1.165, 1.54) is 12.0 Å². The first-order valence-corrected chi connectivity index (χ1v) is 9.89. The molecule has 3 rings (SSSR count). The van der Waals surface area contributed by atoms with Gasteiger partial charge >= 0.3 is 6.03 Å². The summed E-state index contributed by atoms with van der Waals surface area (Å²) in [6.45, 7) is 4.47. The number of amides is 4. The highest BCUT2D eigenvalue weighted by molar-refractivity contribution is 6.06. The Kier molecular flexibility index (Phi) is 6.14. The van der Waals surface area contributed by atoms with Crippen LogP contribution in [0.1, 0.15) is 35.5 Å². The van der Waals surface area contributed by atoms with Gasteiger partial charge in [0.1, 0.15) is 11.2 Å². The normalized spacial score (nSPS) is 15.9. The van der Waals surface area contributed by atoms with Crippen molar-refractivity contribution in [1.29, 1.82) is 0 Å². The van der Waals surface area contributed by atoms with Crippen molar-refractivity contribution in [3.05, 3.63) is 35.0 Å². The number of hydroxylamine groups is 1. The minimum absolute atomic E-state index is 0.222. The number of H-pyrrole nitrogens is 1. The Morgan fingerprint density at radius 1 is 1.23 bits per heavy atom. The monoisotopic (exact) mass is 415 g/mol. The SMILES string of the molecule is CONC(=O)c1[nH]c2ccc(CCN3C(=O)NC(C)(C)C3=O)cc2c1CCN(C)C. The minimum atomic E-state index is -0.870. The van der Waals surface area contributed by atoms with Crippen molar-refractivity contribution in [2.45, 2.75) is 32.2 Å². The third-order valence-corrected chi connectivity index (χ3v) is 5.27. The van der Waals surface area contributed by atoms with E-state index < -0.39 is 5.54 Å². The van der Waals surface area contributed by atoms with Crippen LogP contribution in [0.2, 0.25) is 0 Å². The Labute approximate surface area is 175 Å². The summed E-state index contributed by atoms with van der Waals surface area (Å²) >= 11 is 0. The summed E-state index contributed by atoms with van der Waals surface area (Å²) in [5.74, 6) is -0.550. The second-order valence-electron chi connectivity index (χ2n) is 8.31. The summed E-state index contributed by atoms with van der Waals surface area (Å²) in [5, 5.41) is 3.65. The average Bonchev–Trinajstić information content (AvgIpc) is 3.12. The molecular weight excluding hydrogens is 386 g/mol.